The van der Waals surface area contributed by atoms with E-state index >= 15 is 4.39 Å². The summed E-state index contributed by atoms with van der Waals surface area (Å²) in [6.07, 6.45) is -4.22. The zero-order valence-electron chi connectivity index (χ0n) is 15.5. The van der Waals surface area contributed by atoms with Crippen molar-refractivity contribution in [1.82, 2.24) is 14.6 Å². The molecular weight excluding hydrogens is 473 g/mol. The van der Waals surface area contributed by atoms with E-state index in [1.54, 1.807) is 0 Å². The van der Waals surface area contributed by atoms with Crippen LogP contribution in [0.15, 0.2) is 32.8 Å². The van der Waals surface area contributed by atoms with E-state index in [4.69, 9.17) is 28.3 Å². The maximum absolute atomic E-state index is 15.1. The molecule has 2 rings (SSSR count). The number of halogens is 6. The summed E-state index contributed by atoms with van der Waals surface area (Å²) >= 11 is 11.7. The van der Waals surface area contributed by atoms with Crippen molar-refractivity contribution >= 4 is 35.2 Å². The Balaban J connectivity index is 2.62. The van der Waals surface area contributed by atoms with Gasteiger partial charge in [0, 0.05) is 18.7 Å². The van der Waals surface area contributed by atoms with Crippen molar-refractivity contribution in [2.45, 2.75) is 6.18 Å². The molecule has 8 nitrogen and oxygen atoms in total. The van der Waals surface area contributed by atoms with E-state index in [-0.39, 0.29) is 26.8 Å². The summed E-state index contributed by atoms with van der Waals surface area (Å²) in [6.45, 7) is -0.651. The molecule has 0 unspecified atom stereocenters. The van der Waals surface area contributed by atoms with Crippen LogP contribution in [0.1, 0.15) is 11.3 Å². The Morgan fingerprint density at radius 1 is 1.32 bits per heavy atom. The predicted molar refractivity (Wildman–Crippen MR) is 102 cm³/mol. The maximum Gasteiger partial charge on any atom is 0.431 e. The van der Waals surface area contributed by atoms with Crippen LogP contribution in [0.4, 0.5) is 17.6 Å². The monoisotopic (exact) mass is 485 g/mol. The highest BCUT2D eigenvalue weighted by atomic mass is 35.5. The number of nitrogens with zero attached hydrogens (tertiary/aromatic N) is 2. The molecule has 0 bridgehead atoms. The fraction of sp³-hybridized carbons (Fsp3) is 0.235. The molecule has 168 valence electrons. The van der Waals surface area contributed by atoms with Crippen molar-refractivity contribution in [3.63, 3.8) is 0 Å². The fourth-order valence-electron chi connectivity index (χ4n) is 2.39. The molecular formula is C17H13Cl2F4N3O5. The second kappa shape index (κ2) is 9.64. The van der Waals surface area contributed by atoms with Gasteiger partial charge in [-0.1, -0.05) is 23.2 Å². The Hall–Kier alpha value is -2.67. The van der Waals surface area contributed by atoms with Crippen LogP contribution in [-0.2, 0) is 22.9 Å². The third-order valence-corrected chi connectivity index (χ3v) is 4.41. The number of amides is 1. The molecule has 0 radical (unpaired) electrons. The Kier molecular flexibility index (Phi) is 7.65. The van der Waals surface area contributed by atoms with E-state index in [9.17, 15) is 27.6 Å². The van der Waals surface area contributed by atoms with E-state index in [2.05, 4.69) is 4.84 Å². The van der Waals surface area contributed by atoms with E-state index in [0.29, 0.717) is 0 Å². The van der Waals surface area contributed by atoms with Crippen LogP contribution in [-0.4, -0.2) is 33.4 Å². The number of carbonyl (C=O) groups is 1. The quantitative estimate of drug-likeness (QED) is 0.282. The van der Waals surface area contributed by atoms with Crippen molar-refractivity contribution in [1.29, 1.82) is 0 Å². The fourth-order valence-corrected chi connectivity index (χ4v) is 2.73. The summed E-state index contributed by atoms with van der Waals surface area (Å²) in [5.74, 6) is -2.33. The standard InChI is InChI=1S/C17H13Cl2F4N3O5/c1-25-12(17(21,22)23)7-13(28)26(16(25)30)11-3-2-9(18)8(14(11)20)6-10(19)15(29)24-31-5-4-27/h2-3,6-7,27H,4-5H2,1H3,(H,24,29). The van der Waals surface area contributed by atoms with Gasteiger partial charge in [0.05, 0.1) is 23.9 Å². The summed E-state index contributed by atoms with van der Waals surface area (Å²) in [5, 5.41) is 7.68. The van der Waals surface area contributed by atoms with Crippen LogP contribution in [0.3, 0.4) is 0 Å². The summed E-state index contributed by atoms with van der Waals surface area (Å²) in [6, 6.07) is 2.10. The van der Waals surface area contributed by atoms with E-state index in [0.717, 1.165) is 25.3 Å². The lowest BCUT2D eigenvalue weighted by atomic mass is 10.1. The van der Waals surface area contributed by atoms with Gasteiger partial charge in [0.15, 0.2) is 5.82 Å². The molecule has 0 aliphatic carbocycles. The lowest BCUT2D eigenvalue weighted by molar-refractivity contribution is -0.144. The summed E-state index contributed by atoms with van der Waals surface area (Å²) in [4.78, 5) is 40.9. The lowest BCUT2D eigenvalue weighted by Gasteiger charge is -2.15. The summed E-state index contributed by atoms with van der Waals surface area (Å²) in [7, 11) is 0.767. The molecule has 1 heterocycles. The molecule has 1 amide bonds. The van der Waals surface area contributed by atoms with Crippen molar-refractivity contribution in [2.75, 3.05) is 13.2 Å². The van der Waals surface area contributed by atoms with Gasteiger partial charge in [0.1, 0.15) is 10.7 Å². The highest BCUT2D eigenvalue weighted by Crippen LogP contribution is 2.29. The van der Waals surface area contributed by atoms with Crippen LogP contribution in [0, 0.1) is 5.82 Å². The molecule has 0 aliphatic rings. The Morgan fingerprint density at radius 2 is 1.97 bits per heavy atom. The maximum atomic E-state index is 15.1. The molecule has 0 spiro atoms. The number of hydrogen-bond donors (Lipinski definition) is 2. The molecule has 2 aromatic rings. The number of hydrogen-bond acceptors (Lipinski definition) is 5. The first kappa shape index (κ1) is 24.6. The third kappa shape index (κ3) is 5.34. The van der Waals surface area contributed by atoms with Gasteiger partial charge in [0.2, 0.25) is 0 Å². The van der Waals surface area contributed by atoms with Crippen molar-refractivity contribution in [3.05, 3.63) is 66.2 Å². The van der Waals surface area contributed by atoms with Gasteiger partial charge in [-0.05, 0) is 18.2 Å². The Morgan fingerprint density at radius 3 is 2.55 bits per heavy atom. The first-order valence-corrected chi connectivity index (χ1v) is 8.94. The van der Waals surface area contributed by atoms with Gasteiger partial charge in [-0.25, -0.2) is 19.2 Å². The van der Waals surface area contributed by atoms with Crippen LogP contribution in [0.2, 0.25) is 5.02 Å². The molecule has 1 aromatic heterocycles. The van der Waals surface area contributed by atoms with Crippen LogP contribution >= 0.6 is 23.2 Å². The minimum atomic E-state index is -4.99. The number of nitrogens with one attached hydrogen (secondary N) is 1. The number of aliphatic hydroxyl groups excluding tert-OH is 1. The molecule has 0 aliphatic heterocycles. The molecule has 31 heavy (non-hydrogen) atoms. The minimum absolute atomic E-state index is 0.143. The lowest BCUT2D eigenvalue weighted by Crippen LogP contribution is -2.41. The number of alkyl halides is 3. The number of aromatic nitrogens is 2. The predicted octanol–water partition coefficient (Wildman–Crippen LogP) is 1.97. The zero-order chi connectivity index (χ0) is 23.5. The van der Waals surface area contributed by atoms with Gasteiger partial charge < -0.3 is 5.11 Å². The molecule has 2 N–H and O–H groups in total. The molecule has 0 saturated heterocycles. The average Bonchev–Trinajstić information content (AvgIpc) is 2.68. The normalized spacial score (nSPS) is 12.2. The summed E-state index contributed by atoms with van der Waals surface area (Å²) in [5.41, 5.74) is -3.79. The largest absolute Gasteiger partial charge is 0.431 e. The highest BCUT2D eigenvalue weighted by Gasteiger charge is 2.35. The zero-order valence-corrected chi connectivity index (χ0v) is 17.0. The summed E-state index contributed by atoms with van der Waals surface area (Å²) < 4.78 is 54.3. The molecule has 0 atom stereocenters. The van der Waals surface area contributed by atoms with E-state index < -0.39 is 57.7 Å². The minimum Gasteiger partial charge on any atom is -0.394 e. The topological polar surface area (TPSA) is 103 Å². The van der Waals surface area contributed by atoms with Gasteiger partial charge in [-0.3, -0.25) is 19.0 Å². The third-order valence-electron chi connectivity index (χ3n) is 3.80. The number of carbonyl (C=O) groups excluding carboxylic acids is 1. The SMILES string of the molecule is Cn1c(C(F)(F)F)cc(=O)n(-c2ccc(Cl)c(C=C(Cl)C(=O)NOCCO)c2F)c1=O. The van der Waals surface area contributed by atoms with Crippen LogP contribution in [0.25, 0.3) is 11.8 Å². The number of aliphatic hydroxyl groups is 1. The molecule has 0 fully saturated rings. The van der Waals surface area contributed by atoms with Gasteiger partial charge in [-0.15, -0.1) is 0 Å². The number of rotatable bonds is 6. The molecule has 0 saturated carbocycles. The van der Waals surface area contributed by atoms with Crippen LogP contribution in [0.5, 0.6) is 0 Å². The van der Waals surface area contributed by atoms with Crippen LogP contribution < -0.4 is 16.7 Å². The van der Waals surface area contributed by atoms with Gasteiger partial charge >= 0.3 is 11.9 Å². The molecule has 1 aromatic carbocycles. The number of hydroxylamine groups is 1. The first-order chi connectivity index (χ1) is 14.4. The van der Waals surface area contributed by atoms with Gasteiger partial charge in [-0.2, -0.15) is 13.2 Å². The Labute approximate surface area is 180 Å². The van der Waals surface area contributed by atoms with Crippen molar-refractivity contribution in [2.24, 2.45) is 7.05 Å². The number of benzene rings is 1. The van der Waals surface area contributed by atoms with Crippen molar-refractivity contribution in [3.8, 4) is 5.69 Å². The second-order valence-corrected chi connectivity index (χ2v) is 6.65. The average molecular weight is 486 g/mol. The van der Waals surface area contributed by atoms with Gasteiger partial charge in [0.25, 0.3) is 11.5 Å². The van der Waals surface area contributed by atoms with E-state index in [1.165, 1.54) is 0 Å². The molecule has 14 heteroatoms. The second-order valence-electron chi connectivity index (χ2n) is 5.83. The highest BCUT2D eigenvalue weighted by molar-refractivity contribution is 6.44. The van der Waals surface area contributed by atoms with E-state index in [1.807, 2.05) is 5.48 Å². The first-order valence-electron chi connectivity index (χ1n) is 8.19. The van der Waals surface area contributed by atoms with Crippen molar-refractivity contribution < 1.29 is 32.3 Å². The smallest absolute Gasteiger partial charge is 0.394 e. The Bertz CT molecular complexity index is 1160.